The highest BCUT2D eigenvalue weighted by Crippen LogP contribution is 2.43. The number of amides is 1. The Morgan fingerprint density at radius 3 is 2.84 bits per heavy atom. The SMILES string of the molecule is Cc1sc(N)nc1-c1cc(Cl)cc2c1NC(=O)C2C. The van der Waals surface area contributed by atoms with Crippen LogP contribution in [0.15, 0.2) is 12.1 Å². The predicted octanol–water partition coefficient (Wildman–Crippen LogP) is 3.41. The van der Waals surface area contributed by atoms with Crippen molar-refractivity contribution in [1.29, 1.82) is 0 Å². The van der Waals surface area contributed by atoms with Gasteiger partial charge < -0.3 is 11.1 Å². The van der Waals surface area contributed by atoms with Gasteiger partial charge in [0.2, 0.25) is 5.91 Å². The van der Waals surface area contributed by atoms with Crippen molar-refractivity contribution in [1.82, 2.24) is 4.98 Å². The summed E-state index contributed by atoms with van der Waals surface area (Å²) in [6.07, 6.45) is 0. The molecule has 0 fully saturated rings. The van der Waals surface area contributed by atoms with Crippen molar-refractivity contribution in [2.75, 3.05) is 11.1 Å². The van der Waals surface area contributed by atoms with Crippen LogP contribution in [0.5, 0.6) is 0 Å². The van der Waals surface area contributed by atoms with Crippen LogP contribution in [0.1, 0.15) is 23.3 Å². The van der Waals surface area contributed by atoms with Crippen molar-refractivity contribution in [3.05, 3.63) is 27.6 Å². The molecule has 1 unspecified atom stereocenters. The summed E-state index contributed by atoms with van der Waals surface area (Å²) in [6, 6.07) is 3.65. The molecule has 1 amide bonds. The third-order valence-corrected chi connectivity index (χ3v) is 4.33. The van der Waals surface area contributed by atoms with Crippen molar-refractivity contribution >= 4 is 39.7 Å². The maximum Gasteiger partial charge on any atom is 0.231 e. The fourth-order valence-electron chi connectivity index (χ4n) is 2.34. The number of thiazole rings is 1. The van der Waals surface area contributed by atoms with E-state index in [1.165, 1.54) is 11.3 Å². The summed E-state index contributed by atoms with van der Waals surface area (Å²) in [5.41, 5.74) is 9.08. The summed E-state index contributed by atoms with van der Waals surface area (Å²) >= 11 is 7.58. The molecule has 1 atom stereocenters. The first-order valence-electron chi connectivity index (χ1n) is 5.85. The van der Waals surface area contributed by atoms with E-state index in [9.17, 15) is 4.79 Å². The first-order chi connectivity index (χ1) is 8.97. The lowest BCUT2D eigenvalue weighted by atomic mass is 9.99. The topological polar surface area (TPSA) is 68.0 Å². The molecule has 6 heteroatoms. The van der Waals surface area contributed by atoms with Crippen LogP contribution < -0.4 is 11.1 Å². The number of aryl methyl sites for hydroxylation is 1. The Kier molecular flexibility index (Phi) is 2.76. The zero-order valence-corrected chi connectivity index (χ0v) is 12.0. The highest BCUT2D eigenvalue weighted by atomic mass is 35.5. The summed E-state index contributed by atoms with van der Waals surface area (Å²) in [6.45, 7) is 3.82. The second kappa shape index (κ2) is 4.21. The van der Waals surface area contributed by atoms with Crippen LogP contribution in [0.3, 0.4) is 0 Å². The van der Waals surface area contributed by atoms with Gasteiger partial charge >= 0.3 is 0 Å². The minimum Gasteiger partial charge on any atom is -0.375 e. The lowest BCUT2D eigenvalue weighted by molar-refractivity contribution is -0.116. The van der Waals surface area contributed by atoms with Crippen molar-refractivity contribution in [3.8, 4) is 11.3 Å². The van der Waals surface area contributed by atoms with Crippen LogP contribution >= 0.6 is 22.9 Å². The number of benzene rings is 1. The monoisotopic (exact) mass is 293 g/mol. The molecule has 0 bridgehead atoms. The molecule has 19 heavy (non-hydrogen) atoms. The number of halogens is 1. The van der Waals surface area contributed by atoms with Gasteiger partial charge in [0, 0.05) is 15.5 Å². The Balaban J connectivity index is 2.26. The zero-order chi connectivity index (χ0) is 13.7. The molecule has 0 spiro atoms. The summed E-state index contributed by atoms with van der Waals surface area (Å²) in [7, 11) is 0. The predicted molar refractivity (Wildman–Crippen MR) is 78.8 cm³/mol. The second-order valence-corrected chi connectivity index (χ2v) is 6.26. The van der Waals surface area contributed by atoms with E-state index in [-0.39, 0.29) is 11.8 Å². The Bertz CT molecular complexity index is 695. The number of hydrogen-bond donors (Lipinski definition) is 2. The quantitative estimate of drug-likeness (QED) is 0.846. The second-order valence-electron chi connectivity index (χ2n) is 4.59. The summed E-state index contributed by atoms with van der Waals surface area (Å²) in [5.74, 6) is -0.205. The van der Waals surface area contributed by atoms with Gasteiger partial charge in [-0.25, -0.2) is 4.98 Å². The average Bonchev–Trinajstić information content (AvgIpc) is 2.81. The third-order valence-electron chi connectivity index (χ3n) is 3.31. The average molecular weight is 294 g/mol. The summed E-state index contributed by atoms with van der Waals surface area (Å²) < 4.78 is 0. The molecule has 0 radical (unpaired) electrons. The Morgan fingerprint density at radius 2 is 2.21 bits per heavy atom. The van der Waals surface area contributed by atoms with Gasteiger partial charge in [0.1, 0.15) is 0 Å². The van der Waals surface area contributed by atoms with Crippen LogP contribution in [0.4, 0.5) is 10.8 Å². The number of rotatable bonds is 1. The Hall–Kier alpha value is -1.59. The van der Waals surface area contributed by atoms with Crippen LogP contribution in [-0.2, 0) is 4.79 Å². The highest BCUT2D eigenvalue weighted by molar-refractivity contribution is 7.15. The van der Waals surface area contributed by atoms with Gasteiger partial charge in [0.25, 0.3) is 0 Å². The van der Waals surface area contributed by atoms with E-state index in [1.54, 1.807) is 0 Å². The molecule has 98 valence electrons. The highest BCUT2D eigenvalue weighted by Gasteiger charge is 2.30. The van der Waals surface area contributed by atoms with Crippen LogP contribution in [0.25, 0.3) is 11.3 Å². The number of nitrogens with one attached hydrogen (secondary N) is 1. The first-order valence-corrected chi connectivity index (χ1v) is 7.04. The van der Waals surface area contributed by atoms with Crippen molar-refractivity contribution in [2.24, 2.45) is 0 Å². The number of carbonyl (C=O) groups excluding carboxylic acids is 1. The number of aromatic nitrogens is 1. The molecule has 1 aromatic carbocycles. The molecule has 4 nitrogen and oxygen atoms in total. The minimum absolute atomic E-state index is 0.0145. The number of nitrogen functional groups attached to an aromatic ring is 1. The zero-order valence-electron chi connectivity index (χ0n) is 10.5. The molecule has 0 aliphatic carbocycles. The van der Waals surface area contributed by atoms with Gasteiger partial charge in [0.05, 0.1) is 17.3 Å². The molecule has 2 heterocycles. The molecule has 0 saturated heterocycles. The van der Waals surface area contributed by atoms with Gasteiger partial charge in [0.15, 0.2) is 5.13 Å². The molecule has 3 N–H and O–H groups in total. The first kappa shape index (κ1) is 12.4. The van der Waals surface area contributed by atoms with Crippen molar-refractivity contribution < 1.29 is 4.79 Å². The molecule has 1 aliphatic heterocycles. The standard InChI is InChI=1S/C13H12ClN3OS/c1-5-8-3-7(14)4-9(11(8)16-12(5)18)10-6(2)19-13(15)17-10/h3-5H,1-2H3,(H2,15,17)(H,16,18). The number of carbonyl (C=O) groups is 1. The fraction of sp³-hybridized carbons (Fsp3) is 0.231. The normalized spacial score (nSPS) is 17.4. The molecule has 2 aromatic rings. The van der Waals surface area contributed by atoms with Gasteiger partial charge in [-0.15, -0.1) is 11.3 Å². The maximum atomic E-state index is 11.8. The van der Waals surface area contributed by atoms with E-state index >= 15 is 0 Å². The van der Waals surface area contributed by atoms with Crippen LogP contribution in [0, 0.1) is 6.92 Å². The van der Waals surface area contributed by atoms with Gasteiger partial charge in [-0.05, 0) is 31.5 Å². The fourth-order valence-corrected chi connectivity index (χ4v) is 3.26. The van der Waals surface area contributed by atoms with Gasteiger partial charge in [-0.3, -0.25) is 4.79 Å². The number of nitrogens with two attached hydrogens (primary N) is 1. The molecule has 1 aliphatic rings. The number of fused-ring (bicyclic) bond motifs is 1. The molecular formula is C13H12ClN3OS. The van der Waals surface area contributed by atoms with E-state index in [1.807, 2.05) is 26.0 Å². The summed E-state index contributed by atoms with van der Waals surface area (Å²) in [4.78, 5) is 17.2. The minimum atomic E-state index is -0.191. The molecule has 0 saturated carbocycles. The lowest BCUT2D eigenvalue weighted by Crippen LogP contribution is -2.08. The van der Waals surface area contributed by atoms with E-state index in [0.29, 0.717) is 10.2 Å². The third kappa shape index (κ3) is 1.89. The number of nitrogens with zero attached hydrogens (tertiary/aromatic N) is 1. The number of anilines is 2. The van der Waals surface area contributed by atoms with Gasteiger partial charge in [-0.1, -0.05) is 11.6 Å². The molecular weight excluding hydrogens is 282 g/mol. The van der Waals surface area contributed by atoms with Gasteiger partial charge in [-0.2, -0.15) is 0 Å². The van der Waals surface area contributed by atoms with E-state index in [0.717, 1.165) is 27.4 Å². The summed E-state index contributed by atoms with van der Waals surface area (Å²) in [5, 5.41) is 4.02. The smallest absolute Gasteiger partial charge is 0.231 e. The van der Waals surface area contributed by atoms with E-state index in [4.69, 9.17) is 17.3 Å². The lowest BCUT2D eigenvalue weighted by Gasteiger charge is -2.08. The Morgan fingerprint density at radius 1 is 1.47 bits per heavy atom. The van der Waals surface area contributed by atoms with E-state index in [2.05, 4.69) is 10.3 Å². The molecule has 3 rings (SSSR count). The Labute approximate surface area is 119 Å². The largest absolute Gasteiger partial charge is 0.375 e. The maximum absolute atomic E-state index is 11.8. The number of hydrogen-bond acceptors (Lipinski definition) is 4. The van der Waals surface area contributed by atoms with Crippen molar-refractivity contribution in [3.63, 3.8) is 0 Å². The molecule has 1 aromatic heterocycles. The van der Waals surface area contributed by atoms with Crippen LogP contribution in [0.2, 0.25) is 5.02 Å². The van der Waals surface area contributed by atoms with Crippen LogP contribution in [-0.4, -0.2) is 10.9 Å². The van der Waals surface area contributed by atoms with Crippen molar-refractivity contribution in [2.45, 2.75) is 19.8 Å². The van der Waals surface area contributed by atoms with E-state index < -0.39 is 0 Å².